The van der Waals surface area contributed by atoms with Crippen molar-refractivity contribution in [2.45, 2.75) is 38.5 Å². The lowest BCUT2D eigenvalue weighted by molar-refractivity contribution is 0.101. The first-order chi connectivity index (χ1) is 19.3. The number of hydrogen-bond donors (Lipinski definition) is 2. The van der Waals surface area contributed by atoms with E-state index in [0.717, 1.165) is 34.3 Å². The average Bonchev–Trinajstić information content (AvgIpc) is 3.60. The monoisotopic (exact) mass is 540 g/mol. The zero-order chi connectivity index (χ0) is 27.9. The summed E-state index contributed by atoms with van der Waals surface area (Å²) in [5, 5.41) is 29.4. The number of fused-ring (bicyclic) bond motifs is 1. The van der Waals surface area contributed by atoms with E-state index in [1.54, 1.807) is 55.6 Å². The topological polar surface area (TPSA) is 117 Å². The first kappa shape index (κ1) is 25.8. The van der Waals surface area contributed by atoms with E-state index in [9.17, 15) is 14.6 Å². The number of nitrogens with zero attached hydrogens (tertiary/aromatic N) is 8. The molecule has 1 aliphatic heterocycles. The van der Waals surface area contributed by atoms with Crippen molar-refractivity contribution in [3.8, 4) is 11.1 Å². The number of aliphatic hydroxyl groups excluding tert-OH is 1. The van der Waals surface area contributed by atoms with Crippen LogP contribution in [0.5, 0.6) is 0 Å². The van der Waals surface area contributed by atoms with Crippen molar-refractivity contribution in [1.29, 1.82) is 0 Å². The number of anilines is 1. The molecule has 5 aromatic rings. The predicted octanol–water partition coefficient (Wildman–Crippen LogP) is 3.45. The minimum Gasteiger partial charge on any atom is -0.391 e. The van der Waals surface area contributed by atoms with Gasteiger partial charge in [-0.05, 0) is 49.6 Å². The third kappa shape index (κ3) is 4.96. The van der Waals surface area contributed by atoms with Gasteiger partial charge in [0, 0.05) is 54.6 Å². The van der Waals surface area contributed by atoms with E-state index in [1.165, 1.54) is 12.1 Å². The van der Waals surface area contributed by atoms with E-state index >= 15 is 0 Å². The van der Waals surface area contributed by atoms with E-state index in [1.807, 2.05) is 16.9 Å². The van der Waals surface area contributed by atoms with Crippen LogP contribution in [0.2, 0.25) is 0 Å². The van der Waals surface area contributed by atoms with E-state index in [4.69, 9.17) is 0 Å². The number of aliphatic hydroxyl groups is 2. The van der Waals surface area contributed by atoms with Crippen LogP contribution in [0.4, 0.5) is 10.3 Å². The van der Waals surface area contributed by atoms with Crippen LogP contribution in [-0.4, -0.2) is 63.8 Å². The van der Waals surface area contributed by atoms with Gasteiger partial charge in [0.25, 0.3) is 0 Å². The van der Waals surface area contributed by atoms with Gasteiger partial charge < -0.3 is 15.1 Å². The lowest BCUT2D eigenvalue weighted by Gasteiger charge is -2.28. The third-order valence-corrected chi connectivity index (χ3v) is 7.23. The van der Waals surface area contributed by atoms with Crippen LogP contribution in [0, 0.1) is 5.82 Å². The highest BCUT2D eigenvalue weighted by molar-refractivity contribution is 5.80. The smallest absolute Gasteiger partial charge is 0.225 e. The molecular formula is C29H29FN8O2. The Balaban J connectivity index is 1.19. The molecule has 0 amide bonds. The zero-order valence-electron chi connectivity index (χ0n) is 22.2. The maximum absolute atomic E-state index is 13.3. The molecule has 4 aromatic heterocycles. The van der Waals surface area contributed by atoms with Gasteiger partial charge >= 0.3 is 0 Å². The average molecular weight is 541 g/mol. The van der Waals surface area contributed by atoms with Crippen molar-refractivity contribution >= 4 is 17.0 Å². The van der Waals surface area contributed by atoms with Crippen LogP contribution in [0.3, 0.4) is 0 Å². The van der Waals surface area contributed by atoms with Crippen LogP contribution in [-0.2, 0) is 12.1 Å². The Morgan fingerprint density at radius 1 is 1.00 bits per heavy atom. The quantitative estimate of drug-likeness (QED) is 0.322. The third-order valence-electron chi connectivity index (χ3n) is 7.23. The molecule has 6 rings (SSSR count). The lowest BCUT2D eigenvalue weighted by Crippen LogP contribution is -2.30. The molecule has 40 heavy (non-hydrogen) atoms. The molecule has 0 saturated heterocycles. The van der Waals surface area contributed by atoms with E-state index in [-0.39, 0.29) is 5.82 Å². The van der Waals surface area contributed by atoms with Crippen molar-refractivity contribution < 1.29 is 14.6 Å². The number of aromatic nitrogens is 7. The predicted molar refractivity (Wildman–Crippen MR) is 148 cm³/mol. The van der Waals surface area contributed by atoms with E-state index in [2.05, 4.69) is 42.2 Å². The molecule has 1 unspecified atom stereocenters. The Morgan fingerprint density at radius 3 is 2.48 bits per heavy atom. The molecule has 0 aliphatic carbocycles. The van der Waals surface area contributed by atoms with Crippen LogP contribution >= 0.6 is 0 Å². The van der Waals surface area contributed by atoms with Crippen LogP contribution in [0.25, 0.3) is 22.2 Å². The fourth-order valence-electron chi connectivity index (χ4n) is 4.96. The number of rotatable bonds is 7. The summed E-state index contributed by atoms with van der Waals surface area (Å²) in [4.78, 5) is 15.7. The van der Waals surface area contributed by atoms with Gasteiger partial charge in [-0.1, -0.05) is 18.2 Å². The van der Waals surface area contributed by atoms with Crippen LogP contribution in [0.1, 0.15) is 37.1 Å². The fraction of sp³-hybridized carbons (Fsp3) is 0.276. The maximum atomic E-state index is 13.3. The van der Waals surface area contributed by atoms with Gasteiger partial charge in [0.15, 0.2) is 0 Å². The van der Waals surface area contributed by atoms with Crippen LogP contribution < -0.4 is 4.90 Å². The van der Waals surface area contributed by atoms with Crippen molar-refractivity contribution in [2.24, 2.45) is 0 Å². The fourth-order valence-corrected chi connectivity index (χ4v) is 4.96. The summed E-state index contributed by atoms with van der Waals surface area (Å²) in [5.74, 6) is 0.214. The molecule has 2 atom stereocenters. The van der Waals surface area contributed by atoms with Crippen molar-refractivity contribution in [3.05, 3.63) is 96.4 Å². The first-order valence-electron chi connectivity index (χ1n) is 13.1. The molecule has 0 spiro atoms. The van der Waals surface area contributed by atoms with Crippen molar-refractivity contribution in [3.63, 3.8) is 0 Å². The van der Waals surface area contributed by atoms with Gasteiger partial charge in [-0.25, -0.2) is 23.9 Å². The number of halogens is 1. The molecule has 10 nitrogen and oxygen atoms in total. The maximum Gasteiger partial charge on any atom is 0.225 e. The molecule has 204 valence electrons. The van der Waals surface area contributed by atoms with E-state index in [0.29, 0.717) is 36.7 Å². The molecule has 5 heterocycles. The van der Waals surface area contributed by atoms with Gasteiger partial charge in [-0.2, -0.15) is 10.2 Å². The van der Waals surface area contributed by atoms with E-state index < -0.39 is 11.7 Å². The highest BCUT2D eigenvalue weighted by atomic mass is 19.1. The highest BCUT2D eigenvalue weighted by Gasteiger charge is 2.27. The largest absolute Gasteiger partial charge is 0.391 e. The Bertz CT molecular complexity index is 1670. The van der Waals surface area contributed by atoms with Gasteiger partial charge in [0.05, 0.1) is 30.1 Å². The minimum atomic E-state index is -1.34. The van der Waals surface area contributed by atoms with Gasteiger partial charge in [0.2, 0.25) is 5.95 Å². The van der Waals surface area contributed by atoms with Crippen molar-refractivity contribution in [1.82, 2.24) is 34.3 Å². The molecule has 2 N–H and O–H groups in total. The second-order valence-electron chi connectivity index (χ2n) is 10.2. The highest BCUT2D eigenvalue weighted by Crippen LogP contribution is 2.31. The Morgan fingerprint density at radius 2 is 1.77 bits per heavy atom. The molecule has 0 radical (unpaired) electrons. The zero-order valence-corrected chi connectivity index (χ0v) is 22.2. The standard InChI is InChI=1S/C29H29FN8O2/c1-19(39)15-37-16-22(12-34-37)21-11-26-27(33-18-35-38(26)17-21)20-7-9-36(10-8-20)28-31-13-24(14-32-28)29(2,40)23-3-5-25(30)6-4-23/h3-7,11-14,16-19,39-40H,8-10,15H2,1-2H3/t19-,29?/m0/s1. The minimum absolute atomic E-state index is 0.357. The molecule has 0 saturated carbocycles. The van der Waals surface area contributed by atoms with Gasteiger partial charge in [0.1, 0.15) is 17.7 Å². The summed E-state index contributed by atoms with van der Waals surface area (Å²) in [5.41, 5.74) is 4.57. The number of hydrogen-bond acceptors (Lipinski definition) is 8. The lowest BCUT2D eigenvalue weighted by atomic mass is 9.90. The number of benzene rings is 1. The summed E-state index contributed by atoms with van der Waals surface area (Å²) in [6, 6.07) is 7.82. The summed E-state index contributed by atoms with van der Waals surface area (Å²) in [6.45, 7) is 5.12. The summed E-state index contributed by atoms with van der Waals surface area (Å²) >= 11 is 0. The molecule has 0 fully saturated rings. The molecule has 1 aliphatic rings. The van der Waals surface area contributed by atoms with Gasteiger partial charge in [-0.3, -0.25) is 4.68 Å². The molecular weight excluding hydrogens is 511 g/mol. The summed E-state index contributed by atoms with van der Waals surface area (Å²) in [7, 11) is 0. The molecule has 0 bridgehead atoms. The van der Waals surface area contributed by atoms with Crippen molar-refractivity contribution in [2.75, 3.05) is 18.0 Å². The summed E-state index contributed by atoms with van der Waals surface area (Å²) < 4.78 is 16.9. The summed E-state index contributed by atoms with van der Waals surface area (Å²) in [6.07, 6.45) is 12.8. The second-order valence-corrected chi connectivity index (χ2v) is 10.2. The Labute approximate surface area is 230 Å². The molecule has 1 aromatic carbocycles. The Hall–Kier alpha value is -4.48. The second kappa shape index (κ2) is 10.2. The van der Waals surface area contributed by atoms with Crippen LogP contribution in [0.15, 0.2) is 73.7 Å². The molecule has 11 heteroatoms. The first-order valence-corrected chi connectivity index (χ1v) is 13.1. The SMILES string of the molecule is C[C@H](O)Cn1cc(-c2cc3c(C4=CCN(c5ncc(C(C)(O)c6ccc(F)cc6)cn5)CC4)ncnn3c2)cn1. The Kier molecular flexibility index (Phi) is 6.60. The van der Waals surface area contributed by atoms with Gasteiger partial charge in [-0.15, -0.1) is 0 Å². The normalized spacial score (nSPS) is 16.1.